The Bertz CT molecular complexity index is 2040. The van der Waals surface area contributed by atoms with Gasteiger partial charge in [-0.2, -0.15) is 10.2 Å². The number of rotatable bonds is 9. The molecule has 9 heteroatoms. The molecule has 1 aliphatic heterocycles. The minimum Gasteiger partial charge on any atom is -0.472 e. The molecule has 0 bridgehead atoms. The number of fused-ring (bicyclic) bond motifs is 3. The molecule has 0 fully saturated rings. The predicted molar refractivity (Wildman–Crippen MR) is 183 cm³/mol. The SMILES string of the molecule is CS(=O)(=O)c1nc2c(c(OCc3ccccc3)n1)COC1(CCCc3ccc(N(Cc4ccccc4)Cc4ccccc4)c(C#N)c31)C2. The minimum absolute atomic E-state index is 0.135. The minimum atomic E-state index is -3.74. The molecule has 1 unspecified atom stereocenters. The molecular formula is C39H36N4O4S. The van der Waals surface area contributed by atoms with Crippen LogP contribution >= 0.6 is 0 Å². The molecule has 4 aromatic carbocycles. The van der Waals surface area contributed by atoms with Gasteiger partial charge in [-0.25, -0.2) is 13.4 Å². The average molecular weight is 657 g/mol. The van der Waals surface area contributed by atoms with Gasteiger partial charge in [0.25, 0.3) is 0 Å². The first-order chi connectivity index (χ1) is 23.3. The van der Waals surface area contributed by atoms with Crippen LogP contribution in [0.4, 0.5) is 5.69 Å². The van der Waals surface area contributed by atoms with E-state index in [2.05, 4.69) is 57.3 Å². The third-order valence-corrected chi connectivity index (χ3v) is 10.0. The van der Waals surface area contributed by atoms with Gasteiger partial charge in [-0.05, 0) is 47.6 Å². The van der Waals surface area contributed by atoms with Gasteiger partial charge in [0.2, 0.25) is 20.9 Å². The predicted octanol–water partition coefficient (Wildman–Crippen LogP) is 6.84. The molecule has 1 spiro atoms. The summed E-state index contributed by atoms with van der Waals surface area (Å²) in [7, 11) is -3.74. The van der Waals surface area contributed by atoms with E-state index in [4.69, 9.17) is 9.47 Å². The van der Waals surface area contributed by atoms with E-state index in [1.54, 1.807) is 0 Å². The number of sulfone groups is 1. The maximum absolute atomic E-state index is 12.8. The number of ether oxygens (including phenoxy) is 2. The van der Waals surface area contributed by atoms with E-state index in [0.717, 1.165) is 52.6 Å². The molecule has 0 radical (unpaired) electrons. The van der Waals surface area contributed by atoms with E-state index in [9.17, 15) is 13.7 Å². The van der Waals surface area contributed by atoms with Crippen LogP contribution in [0, 0.1) is 11.3 Å². The Kier molecular flexibility index (Phi) is 8.69. The third-order valence-electron chi connectivity index (χ3n) is 9.17. The summed E-state index contributed by atoms with van der Waals surface area (Å²) < 4.78 is 38.5. The summed E-state index contributed by atoms with van der Waals surface area (Å²) in [5.74, 6) is 0.210. The second-order valence-corrected chi connectivity index (χ2v) is 14.4. The normalized spacial score (nSPS) is 16.8. The molecule has 48 heavy (non-hydrogen) atoms. The third kappa shape index (κ3) is 6.42. The fourth-order valence-electron chi connectivity index (χ4n) is 6.90. The second-order valence-electron chi connectivity index (χ2n) is 12.5. The van der Waals surface area contributed by atoms with Crippen molar-refractivity contribution in [3.05, 3.63) is 148 Å². The summed E-state index contributed by atoms with van der Waals surface area (Å²) >= 11 is 0. The summed E-state index contributed by atoms with van der Waals surface area (Å²) in [6.07, 6.45) is 3.77. The standard InChI is InChI=1S/C39H36N4O4S/c1-48(44,45)38-41-34-22-39(47-27-33(34)37(42-38)46-26-30-16-9-4-10-17-30)21-11-18-31-19-20-35(32(23-40)36(31)39)43(24-28-12-5-2-6-13-28)25-29-14-7-3-8-15-29/h2-10,12-17,19-20H,11,18,21-22,24-27H2,1H3. The Morgan fingerprint density at radius 1 is 0.875 bits per heavy atom. The lowest BCUT2D eigenvalue weighted by Gasteiger charge is -2.43. The molecular weight excluding hydrogens is 621 g/mol. The van der Waals surface area contributed by atoms with Crippen LogP contribution in [0.25, 0.3) is 0 Å². The van der Waals surface area contributed by atoms with Crippen LogP contribution in [0.15, 0.2) is 108 Å². The van der Waals surface area contributed by atoms with E-state index in [1.165, 1.54) is 0 Å². The smallest absolute Gasteiger partial charge is 0.250 e. The van der Waals surface area contributed by atoms with Crippen molar-refractivity contribution in [1.29, 1.82) is 5.26 Å². The fraction of sp³-hybridized carbons (Fsp3) is 0.256. The van der Waals surface area contributed by atoms with Gasteiger partial charge in [0, 0.05) is 31.3 Å². The average Bonchev–Trinajstić information content (AvgIpc) is 3.10. The number of aryl methyl sites for hydroxylation is 1. The van der Waals surface area contributed by atoms with Gasteiger partial charge in [0.1, 0.15) is 18.3 Å². The Morgan fingerprint density at radius 3 is 2.10 bits per heavy atom. The van der Waals surface area contributed by atoms with Crippen LogP contribution in [0.2, 0.25) is 0 Å². The van der Waals surface area contributed by atoms with Gasteiger partial charge in [0.05, 0.1) is 29.1 Å². The summed E-state index contributed by atoms with van der Waals surface area (Å²) in [4.78, 5) is 11.2. The molecule has 242 valence electrons. The maximum Gasteiger partial charge on any atom is 0.250 e. The lowest BCUT2D eigenvalue weighted by Crippen LogP contribution is -2.41. The van der Waals surface area contributed by atoms with Crippen molar-refractivity contribution in [2.45, 2.75) is 62.7 Å². The highest BCUT2D eigenvalue weighted by Gasteiger charge is 2.45. The zero-order chi connectivity index (χ0) is 33.1. The van der Waals surface area contributed by atoms with Crippen LogP contribution in [-0.2, 0) is 59.3 Å². The monoisotopic (exact) mass is 656 g/mol. The quantitative estimate of drug-likeness (QED) is 0.159. The molecule has 1 aromatic heterocycles. The van der Waals surface area contributed by atoms with Gasteiger partial charge in [0.15, 0.2) is 0 Å². The molecule has 2 aliphatic rings. The van der Waals surface area contributed by atoms with Gasteiger partial charge in [-0.1, -0.05) is 97.1 Å². The van der Waals surface area contributed by atoms with Crippen molar-refractivity contribution >= 4 is 15.5 Å². The van der Waals surface area contributed by atoms with E-state index < -0.39 is 15.4 Å². The first kappa shape index (κ1) is 31.6. The topological polar surface area (TPSA) is 105 Å². The van der Waals surface area contributed by atoms with E-state index in [1.807, 2.05) is 66.7 Å². The molecule has 0 N–H and O–H groups in total. The number of benzene rings is 4. The van der Waals surface area contributed by atoms with Gasteiger partial charge in [-0.15, -0.1) is 0 Å². The Balaban J connectivity index is 1.31. The lowest BCUT2D eigenvalue weighted by molar-refractivity contribution is -0.0869. The van der Waals surface area contributed by atoms with Gasteiger partial charge >= 0.3 is 0 Å². The molecule has 0 saturated heterocycles. The van der Waals surface area contributed by atoms with Crippen molar-refractivity contribution in [2.24, 2.45) is 0 Å². The molecule has 1 atom stereocenters. The number of nitrogens with zero attached hydrogens (tertiary/aromatic N) is 4. The van der Waals surface area contributed by atoms with Gasteiger partial charge in [-0.3, -0.25) is 0 Å². The lowest BCUT2D eigenvalue weighted by atomic mass is 9.72. The van der Waals surface area contributed by atoms with Crippen LogP contribution in [0.5, 0.6) is 5.88 Å². The summed E-state index contributed by atoms with van der Waals surface area (Å²) in [5, 5.41) is 10.6. The number of aromatic nitrogens is 2. The summed E-state index contributed by atoms with van der Waals surface area (Å²) in [6, 6.07) is 36.9. The van der Waals surface area contributed by atoms with Crippen molar-refractivity contribution in [2.75, 3.05) is 11.2 Å². The van der Waals surface area contributed by atoms with E-state index >= 15 is 0 Å². The highest BCUT2D eigenvalue weighted by molar-refractivity contribution is 7.90. The van der Waals surface area contributed by atoms with Gasteiger partial charge < -0.3 is 14.4 Å². The zero-order valence-electron chi connectivity index (χ0n) is 26.8. The van der Waals surface area contributed by atoms with E-state index in [0.29, 0.717) is 42.8 Å². The maximum atomic E-state index is 12.8. The Morgan fingerprint density at radius 2 is 1.50 bits per heavy atom. The highest BCUT2D eigenvalue weighted by Crippen LogP contribution is 2.49. The van der Waals surface area contributed by atoms with Crippen LogP contribution < -0.4 is 9.64 Å². The largest absolute Gasteiger partial charge is 0.472 e. The van der Waals surface area contributed by atoms with Crippen LogP contribution in [0.1, 0.15) is 57.5 Å². The first-order valence-corrected chi connectivity index (χ1v) is 18.0. The van der Waals surface area contributed by atoms with E-state index in [-0.39, 0.29) is 24.3 Å². The molecule has 8 nitrogen and oxygen atoms in total. The number of hydrogen-bond donors (Lipinski definition) is 0. The Hall–Kier alpha value is -5.04. The first-order valence-electron chi connectivity index (χ1n) is 16.1. The van der Waals surface area contributed by atoms with Crippen molar-refractivity contribution < 1.29 is 17.9 Å². The molecule has 5 aromatic rings. The van der Waals surface area contributed by atoms with Crippen molar-refractivity contribution in [1.82, 2.24) is 9.97 Å². The molecule has 1 aliphatic carbocycles. The Labute approximate surface area is 281 Å². The molecule has 0 amide bonds. The summed E-state index contributed by atoms with van der Waals surface area (Å²) in [5.41, 5.74) is 6.94. The number of anilines is 1. The fourth-order valence-corrected chi connectivity index (χ4v) is 7.43. The number of hydrogen-bond acceptors (Lipinski definition) is 8. The second kappa shape index (κ2) is 13.2. The molecule has 7 rings (SSSR count). The van der Waals surface area contributed by atoms with Crippen LogP contribution in [-0.4, -0.2) is 24.6 Å². The zero-order valence-corrected chi connectivity index (χ0v) is 27.6. The highest BCUT2D eigenvalue weighted by atomic mass is 32.2. The van der Waals surface area contributed by atoms with Crippen molar-refractivity contribution in [3.8, 4) is 11.9 Å². The molecule has 0 saturated carbocycles. The summed E-state index contributed by atoms with van der Waals surface area (Å²) in [6.45, 7) is 1.59. The number of nitriles is 1. The molecule has 2 heterocycles. The van der Waals surface area contributed by atoms with Crippen molar-refractivity contribution in [3.63, 3.8) is 0 Å². The van der Waals surface area contributed by atoms with Crippen LogP contribution in [0.3, 0.4) is 0 Å².